The molecule has 0 fully saturated rings. The van der Waals surface area contributed by atoms with Crippen LogP contribution in [-0.2, 0) is 0 Å². The molecule has 4 rings (SSSR count). The lowest BCUT2D eigenvalue weighted by molar-refractivity contribution is 1.40. The van der Waals surface area contributed by atoms with Gasteiger partial charge in [-0.1, -0.05) is 66.7 Å². The van der Waals surface area contributed by atoms with Gasteiger partial charge in [0.2, 0.25) is 0 Å². The molecule has 118 valence electrons. The van der Waals surface area contributed by atoms with Crippen LogP contribution in [0.2, 0.25) is 0 Å². The molecule has 3 aromatic carbocycles. The quantitative estimate of drug-likeness (QED) is 0.380. The zero-order chi connectivity index (χ0) is 17.1. The van der Waals surface area contributed by atoms with Gasteiger partial charge in [0, 0.05) is 16.5 Å². The summed E-state index contributed by atoms with van der Waals surface area (Å²) in [6, 6.07) is 26.2. The van der Waals surface area contributed by atoms with Crippen LogP contribution in [-0.4, -0.2) is 4.98 Å². The van der Waals surface area contributed by atoms with Gasteiger partial charge in [-0.25, -0.2) is 9.83 Å². The van der Waals surface area contributed by atoms with E-state index in [1.807, 2.05) is 48.5 Å². The van der Waals surface area contributed by atoms with Gasteiger partial charge in [0.25, 0.3) is 0 Å². The maximum absolute atomic E-state index is 7.18. The first-order chi connectivity index (χ1) is 12.3. The average Bonchev–Trinajstić information content (AvgIpc) is 3.19. The van der Waals surface area contributed by atoms with Crippen molar-refractivity contribution in [1.29, 1.82) is 0 Å². The largest absolute Gasteiger partial charge is 0.238 e. The molecule has 0 N–H and O–H groups in total. The van der Waals surface area contributed by atoms with Gasteiger partial charge in [-0.2, -0.15) is 0 Å². The summed E-state index contributed by atoms with van der Waals surface area (Å²) in [6.07, 6.45) is 0. The van der Waals surface area contributed by atoms with E-state index in [9.17, 15) is 0 Å². The molecule has 0 saturated heterocycles. The monoisotopic (exact) mass is 338 g/mol. The number of rotatable bonds is 3. The van der Waals surface area contributed by atoms with Crippen LogP contribution < -0.4 is 0 Å². The topological polar surface area (TPSA) is 17.2 Å². The number of aromatic nitrogens is 1. The van der Waals surface area contributed by atoms with Crippen LogP contribution >= 0.6 is 11.3 Å². The molecule has 4 aromatic rings. The standard InChI is InChI=1S/C22H14N2S/c1-23-20-12-6-10-18(14-20)17-9-5-11-19(13-17)21-15-25-22(24-21)16-7-3-2-4-8-16/h2-15H. The third-order valence-corrected chi connectivity index (χ3v) is 4.88. The third kappa shape index (κ3) is 3.21. The molecule has 0 unspecified atom stereocenters. The molecule has 0 aliphatic carbocycles. The highest BCUT2D eigenvalue weighted by molar-refractivity contribution is 7.13. The number of hydrogen-bond acceptors (Lipinski definition) is 2. The number of thiazole rings is 1. The first-order valence-corrected chi connectivity index (χ1v) is 8.81. The van der Waals surface area contributed by atoms with E-state index < -0.39 is 0 Å². The second-order valence-electron chi connectivity index (χ2n) is 5.65. The van der Waals surface area contributed by atoms with Crippen molar-refractivity contribution in [3.8, 4) is 33.0 Å². The lowest BCUT2D eigenvalue weighted by Gasteiger charge is -2.05. The highest BCUT2D eigenvalue weighted by Crippen LogP contribution is 2.31. The van der Waals surface area contributed by atoms with E-state index in [2.05, 4.69) is 40.6 Å². The maximum atomic E-state index is 7.18. The van der Waals surface area contributed by atoms with Gasteiger partial charge in [-0.3, -0.25) is 0 Å². The van der Waals surface area contributed by atoms with Gasteiger partial charge in [-0.15, -0.1) is 11.3 Å². The Morgan fingerprint density at radius 3 is 2.20 bits per heavy atom. The lowest BCUT2D eigenvalue weighted by Crippen LogP contribution is -1.82. The van der Waals surface area contributed by atoms with E-state index in [0.29, 0.717) is 5.69 Å². The summed E-state index contributed by atoms with van der Waals surface area (Å²) in [5.74, 6) is 0. The van der Waals surface area contributed by atoms with Gasteiger partial charge in [0.15, 0.2) is 5.69 Å². The zero-order valence-corrected chi connectivity index (χ0v) is 14.2. The van der Waals surface area contributed by atoms with Crippen LogP contribution in [0.25, 0.3) is 37.8 Å². The van der Waals surface area contributed by atoms with E-state index in [4.69, 9.17) is 11.6 Å². The molecule has 1 heterocycles. The molecule has 0 saturated carbocycles. The highest BCUT2D eigenvalue weighted by atomic mass is 32.1. The van der Waals surface area contributed by atoms with Gasteiger partial charge < -0.3 is 0 Å². The third-order valence-electron chi connectivity index (χ3n) is 3.99. The van der Waals surface area contributed by atoms with Crippen molar-refractivity contribution in [2.24, 2.45) is 0 Å². The molecular weight excluding hydrogens is 324 g/mol. The van der Waals surface area contributed by atoms with Crippen molar-refractivity contribution in [3.63, 3.8) is 0 Å². The molecule has 1 aromatic heterocycles. The zero-order valence-electron chi connectivity index (χ0n) is 13.4. The normalized spacial score (nSPS) is 10.4. The number of benzene rings is 3. The number of nitrogens with zero attached hydrogens (tertiary/aromatic N) is 2. The van der Waals surface area contributed by atoms with E-state index in [1.165, 1.54) is 0 Å². The van der Waals surface area contributed by atoms with Gasteiger partial charge >= 0.3 is 0 Å². The van der Waals surface area contributed by atoms with Crippen LogP contribution in [0.1, 0.15) is 0 Å². The molecule has 0 bridgehead atoms. The van der Waals surface area contributed by atoms with Gasteiger partial charge in [0.1, 0.15) is 5.01 Å². The molecule has 0 radical (unpaired) electrons. The van der Waals surface area contributed by atoms with Gasteiger partial charge in [-0.05, 0) is 23.3 Å². The fourth-order valence-electron chi connectivity index (χ4n) is 2.73. The highest BCUT2D eigenvalue weighted by Gasteiger charge is 2.08. The second-order valence-corrected chi connectivity index (χ2v) is 6.50. The van der Waals surface area contributed by atoms with Crippen molar-refractivity contribution >= 4 is 17.0 Å². The van der Waals surface area contributed by atoms with E-state index in [1.54, 1.807) is 11.3 Å². The smallest absolute Gasteiger partial charge is 0.187 e. The van der Waals surface area contributed by atoms with Crippen LogP contribution in [0.5, 0.6) is 0 Å². The minimum absolute atomic E-state index is 0.655. The predicted octanol–water partition coefficient (Wildman–Crippen LogP) is 6.69. The van der Waals surface area contributed by atoms with Crippen LogP contribution in [0.15, 0.2) is 84.2 Å². The Morgan fingerprint density at radius 1 is 0.720 bits per heavy atom. The summed E-state index contributed by atoms with van der Waals surface area (Å²) in [7, 11) is 0. The minimum atomic E-state index is 0.655. The minimum Gasteiger partial charge on any atom is -0.238 e. The second kappa shape index (κ2) is 6.72. The fraction of sp³-hybridized carbons (Fsp3) is 0. The number of hydrogen-bond donors (Lipinski definition) is 0. The van der Waals surface area contributed by atoms with Crippen molar-refractivity contribution in [2.75, 3.05) is 0 Å². The Hall–Kier alpha value is -3.22. The Kier molecular flexibility index (Phi) is 4.12. The summed E-state index contributed by atoms with van der Waals surface area (Å²) >= 11 is 1.65. The molecular formula is C22H14N2S. The van der Waals surface area contributed by atoms with Crippen molar-refractivity contribution in [1.82, 2.24) is 4.98 Å². The van der Waals surface area contributed by atoms with Crippen LogP contribution in [0.3, 0.4) is 0 Å². The summed E-state index contributed by atoms with van der Waals surface area (Å²) in [5.41, 5.74) is 6.00. The lowest BCUT2D eigenvalue weighted by atomic mass is 10.0. The molecule has 3 heteroatoms. The van der Waals surface area contributed by atoms with Crippen LogP contribution in [0.4, 0.5) is 5.69 Å². The predicted molar refractivity (Wildman–Crippen MR) is 105 cm³/mol. The van der Waals surface area contributed by atoms with Crippen molar-refractivity contribution in [2.45, 2.75) is 0 Å². The summed E-state index contributed by atoms with van der Waals surface area (Å²) < 4.78 is 0. The molecule has 0 aliphatic rings. The molecule has 2 nitrogen and oxygen atoms in total. The SMILES string of the molecule is [C-]#[N+]c1cccc(-c2cccc(-c3csc(-c4ccccc4)n3)c2)c1. The average molecular weight is 338 g/mol. The molecule has 0 atom stereocenters. The van der Waals surface area contributed by atoms with E-state index in [0.717, 1.165) is 33.0 Å². The van der Waals surface area contributed by atoms with E-state index >= 15 is 0 Å². The molecule has 25 heavy (non-hydrogen) atoms. The first kappa shape index (κ1) is 15.3. The maximum Gasteiger partial charge on any atom is 0.187 e. The Labute approximate surface area is 150 Å². The van der Waals surface area contributed by atoms with Crippen LogP contribution in [0, 0.1) is 6.57 Å². The fourth-order valence-corrected chi connectivity index (χ4v) is 3.57. The summed E-state index contributed by atoms with van der Waals surface area (Å²) in [6.45, 7) is 7.18. The summed E-state index contributed by atoms with van der Waals surface area (Å²) in [5, 5.41) is 3.12. The van der Waals surface area contributed by atoms with Crippen molar-refractivity contribution < 1.29 is 0 Å². The molecule has 0 spiro atoms. The van der Waals surface area contributed by atoms with Crippen molar-refractivity contribution in [3.05, 3.63) is 95.7 Å². The first-order valence-electron chi connectivity index (χ1n) is 7.93. The Morgan fingerprint density at radius 2 is 1.40 bits per heavy atom. The Bertz CT molecular complexity index is 1060. The molecule has 0 amide bonds. The van der Waals surface area contributed by atoms with E-state index in [-0.39, 0.29) is 0 Å². The Balaban J connectivity index is 1.71. The summed E-state index contributed by atoms with van der Waals surface area (Å²) in [4.78, 5) is 8.30. The van der Waals surface area contributed by atoms with Gasteiger partial charge in [0.05, 0.1) is 12.3 Å². The molecule has 0 aliphatic heterocycles.